The number of anilines is 1. The molecule has 0 spiro atoms. The van der Waals surface area contributed by atoms with Crippen molar-refractivity contribution in [3.63, 3.8) is 0 Å². The predicted octanol–water partition coefficient (Wildman–Crippen LogP) is 3.75. The van der Waals surface area contributed by atoms with E-state index in [0.29, 0.717) is 12.1 Å². The summed E-state index contributed by atoms with van der Waals surface area (Å²) < 4.78 is 5.89. The highest BCUT2D eigenvalue weighted by Gasteiger charge is 2.19. The van der Waals surface area contributed by atoms with Crippen molar-refractivity contribution in [1.29, 1.82) is 0 Å². The molecule has 1 N–H and O–H groups in total. The fourth-order valence-electron chi connectivity index (χ4n) is 3.21. The van der Waals surface area contributed by atoms with Gasteiger partial charge in [-0.15, -0.1) is 0 Å². The molecule has 0 bridgehead atoms. The minimum Gasteiger partial charge on any atom is -0.376 e. The number of hydrogen-bond acceptors (Lipinski definition) is 3. The number of ether oxygens (including phenoxy) is 1. The van der Waals surface area contributed by atoms with Crippen LogP contribution in [0.25, 0.3) is 0 Å². The molecule has 21 heavy (non-hydrogen) atoms. The zero-order chi connectivity index (χ0) is 15.1. The zero-order valence-electron chi connectivity index (χ0n) is 13.8. The van der Waals surface area contributed by atoms with Gasteiger partial charge in [0.1, 0.15) is 0 Å². The van der Waals surface area contributed by atoms with E-state index in [4.69, 9.17) is 4.74 Å². The van der Waals surface area contributed by atoms with E-state index in [1.54, 1.807) is 0 Å². The quantitative estimate of drug-likeness (QED) is 0.827. The van der Waals surface area contributed by atoms with Gasteiger partial charge in [-0.05, 0) is 43.9 Å². The third kappa shape index (κ3) is 4.45. The van der Waals surface area contributed by atoms with Gasteiger partial charge in [-0.3, -0.25) is 0 Å². The van der Waals surface area contributed by atoms with Crippen LogP contribution in [-0.2, 0) is 4.74 Å². The Morgan fingerprint density at radius 1 is 1.29 bits per heavy atom. The molecule has 0 amide bonds. The Balaban J connectivity index is 2.10. The largest absolute Gasteiger partial charge is 0.376 e. The van der Waals surface area contributed by atoms with Crippen LogP contribution in [0.2, 0.25) is 0 Å². The van der Waals surface area contributed by atoms with Crippen molar-refractivity contribution in [2.75, 3.05) is 31.6 Å². The number of para-hydroxylation sites is 1. The molecule has 1 fully saturated rings. The fraction of sp³-hybridized carbons (Fsp3) is 0.667. The molecule has 0 radical (unpaired) electrons. The van der Waals surface area contributed by atoms with Gasteiger partial charge in [0.2, 0.25) is 0 Å². The van der Waals surface area contributed by atoms with E-state index in [1.165, 1.54) is 30.5 Å². The molecule has 2 rings (SSSR count). The Hall–Kier alpha value is -1.06. The van der Waals surface area contributed by atoms with E-state index in [9.17, 15) is 0 Å². The van der Waals surface area contributed by atoms with Crippen LogP contribution in [0.1, 0.15) is 51.1 Å². The summed E-state index contributed by atoms with van der Waals surface area (Å²) in [7, 11) is 2.19. The highest BCUT2D eigenvalue weighted by atomic mass is 16.5. The Kier molecular flexibility index (Phi) is 6.52. The van der Waals surface area contributed by atoms with E-state index < -0.39 is 0 Å². The van der Waals surface area contributed by atoms with Crippen LogP contribution in [0.4, 0.5) is 5.69 Å². The van der Waals surface area contributed by atoms with Crippen molar-refractivity contribution in [3.8, 4) is 0 Å². The van der Waals surface area contributed by atoms with Crippen LogP contribution in [0.3, 0.4) is 0 Å². The van der Waals surface area contributed by atoms with Crippen molar-refractivity contribution < 1.29 is 4.74 Å². The molecule has 3 heteroatoms. The van der Waals surface area contributed by atoms with Gasteiger partial charge in [0.15, 0.2) is 0 Å². The molecule has 2 atom stereocenters. The summed E-state index contributed by atoms with van der Waals surface area (Å²) in [6.07, 6.45) is 5.20. The Morgan fingerprint density at radius 3 is 2.76 bits per heavy atom. The van der Waals surface area contributed by atoms with Crippen molar-refractivity contribution in [2.24, 2.45) is 0 Å². The average Bonchev–Trinajstić information content (AvgIpc) is 2.53. The third-order valence-electron chi connectivity index (χ3n) is 4.33. The van der Waals surface area contributed by atoms with Crippen LogP contribution in [0.5, 0.6) is 0 Å². The Labute approximate surface area is 129 Å². The topological polar surface area (TPSA) is 24.5 Å². The second kappa shape index (κ2) is 8.40. The molecule has 1 aromatic carbocycles. The van der Waals surface area contributed by atoms with Gasteiger partial charge in [0.05, 0.1) is 6.10 Å². The van der Waals surface area contributed by atoms with E-state index >= 15 is 0 Å². The van der Waals surface area contributed by atoms with Gasteiger partial charge in [0, 0.05) is 31.9 Å². The highest BCUT2D eigenvalue weighted by molar-refractivity contribution is 5.54. The van der Waals surface area contributed by atoms with Gasteiger partial charge in [-0.1, -0.05) is 32.0 Å². The first-order chi connectivity index (χ1) is 10.3. The van der Waals surface area contributed by atoms with Crippen molar-refractivity contribution in [3.05, 3.63) is 29.8 Å². The maximum absolute atomic E-state index is 5.89. The predicted molar refractivity (Wildman–Crippen MR) is 90.0 cm³/mol. The van der Waals surface area contributed by atoms with Gasteiger partial charge in [-0.2, -0.15) is 0 Å². The lowest BCUT2D eigenvalue weighted by Gasteiger charge is -2.31. The summed E-state index contributed by atoms with van der Waals surface area (Å²) in [6, 6.07) is 9.20. The van der Waals surface area contributed by atoms with E-state index in [-0.39, 0.29) is 0 Å². The minimum absolute atomic E-state index is 0.385. The lowest BCUT2D eigenvalue weighted by atomic mass is 10.0. The van der Waals surface area contributed by atoms with Gasteiger partial charge in [0.25, 0.3) is 0 Å². The third-order valence-corrected chi connectivity index (χ3v) is 4.33. The summed E-state index contributed by atoms with van der Waals surface area (Å²) in [5.41, 5.74) is 2.74. The molecule has 3 nitrogen and oxygen atoms in total. The summed E-state index contributed by atoms with van der Waals surface area (Å²) in [6.45, 7) is 7.33. The van der Waals surface area contributed by atoms with Crippen LogP contribution in [0, 0.1) is 0 Å². The standard InChI is InChI=1S/C18H30N2O/c1-4-17(19-5-2)16-11-6-7-12-18(16)20(3)14-15-10-8-9-13-21-15/h6-7,11-12,15,17,19H,4-5,8-10,13-14H2,1-3H3. The van der Waals surface area contributed by atoms with Crippen LogP contribution in [0.15, 0.2) is 24.3 Å². The summed E-state index contributed by atoms with van der Waals surface area (Å²) in [5.74, 6) is 0. The smallest absolute Gasteiger partial charge is 0.0749 e. The molecule has 1 aromatic rings. The Morgan fingerprint density at radius 2 is 2.10 bits per heavy atom. The molecule has 2 unspecified atom stereocenters. The lowest BCUT2D eigenvalue weighted by Crippen LogP contribution is -2.34. The van der Waals surface area contributed by atoms with Gasteiger partial charge < -0.3 is 15.0 Å². The molecular weight excluding hydrogens is 260 g/mol. The summed E-state index contributed by atoms with van der Waals surface area (Å²) in [5, 5.41) is 3.59. The van der Waals surface area contributed by atoms with Gasteiger partial charge in [-0.25, -0.2) is 0 Å². The van der Waals surface area contributed by atoms with Crippen LogP contribution >= 0.6 is 0 Å². The summed E-state index contributed by atoms with van der Waals surface area (Å²) >= 11 is 0. The Bertz CT molecular complexity index is 415. The average molecular weight is 290 g/mol. The lowest BCUT2D eigenvalue weighted by molar-refractivity contribution is 0.0216. The van der Waals surface area contributed by atoms with E-state index in [1.807, 2.05) is 0 Å². The fourth-order valence-corrected chi connectivity index (χ4v) is 3.21. The molecule has 0 aliphatic carbocycles. The van der Waals surface area contributed by atoms with Gasteiger partial charge >= 0.3 is 0 Å². The second-order valence-corrected chi connectivity index (χ2v) is 5.95. The molecule has 1 heterocycles. The number of nitrogens with one attached hydrogen (secondary N) is 1. The first-order valence-electron chi connectivity index (χ1n) is 8.41. The van der Waals surface area contributed by atoms with Crippen LogP contribution < -0.4 is 10.2 Å². The number of rotatable bonds is 7. The zero-order valence-corrected chi connectivity index (χ0v) is 13.8. The van der Waals surface area contributed by atoms with Crippen molar-refractivity contribution in [1.82, 2.24) is 5.32 Å². The minimum atomic E-state index is 0.385. The summed E-state index contributed by atoms with van der Waals surface area (Å²) in [4.78, 5) is 2.37. The molecule has 1 saturated heterocycles. The SMILES string of the molecule is CCNC(CC)c1ccccc1N(C)CC1CCCCO1. The molecule has 0 saturated carbocycles. The first-order valence-corrected chi connectivity index (χ1v) is 8.41. The maximum atomic E-state index is 5.89. The molecule has 0 aromatic heterocycles. The number of nitrogens with zero attached hydrogens (tertiary/aromatic N) is 1. The van der Waals surface area contributed by atoms with Crippen molar-refractivity contribution >= 4 is 5.69 Å². The van der Waals surface area contributed by atoms with E-state index in [2.05, 4.69) is 55.4 Å². The molecule has 1 aliphatic rings. The molecular formula is C18H30N2O. The monoisotopic (exact) mass is 290 g/mol. The number of likely N-dealkylation sites (N-methyl/N-ethyl adjacent to an activating group) is 1. The highest BCUT2D eigenvalue weighted by Crippen LogP contribution is 2.28. The van der Waals surface area contributed by atoms with Crippen LogP contribution in [-0.4, -0.2) is 32.8 Å². The number of hydrogen-bond donors (Lipinski definition) is 1. The molecule has 118 valence electrons. The normalized spacial score (nSPS) is 20.2. The second-order valence-electron chi connectivity index (χ2n) is 5.95. The molecule has 1 aliphatic heterocycles. The van der Waals surface area contributed by atoms with Crippen molar-refractivity contribution in [2.45, 2.75) is 51.7 Å². The first kappa shape index (κ1) is 16.3. The van der Waals surface area contributed by atoms with E-state index in [0.717, 1.165) is 26.1 Å². The maximum Gasteiger partial charge on any atom is 0.0749 e. The number of benzene rings is 1.